The number of nitrogens with one attached hydrogen (secondary N) is 9. The van der Waals surface area contributed by atoms with Crippen LogP contribution in [0.25, 0.3) is 0 Å². The number of carboxylic acids is 1. The Hall–Kier alpha value is -8.15. The second-order valence-electron chi connectivity index (χ2n) is 21.4. The van der Waals surface area contributed by atoms with Gasteiger partial charge in [-0.05, 0) is 91.3 Å². The van der Waals surface area contributed by atoms with Crippen LogP contribution < -0.4 is 59.3 Å². The summed E-state index contributed by atoms with van der Waals surface area (Å²) in [4.78, 5) is 179. The highest BCUT2D eigenvalue weighted by molar-refractivity contribution is 8.00. The molecule has 2 saturated heterocycles. The molecule has 9 atom stereocenters. The molecule has 30 heteroatoms. The van der Waals surface area contributed by atoms with Crippen LogP contribution in [0, 0.1) is 11.8 Å². The lowest BCUT2D eigenvalue weighted by Gasteiger charge is -2.31. The number of primary amides is 2. The number of carboxylic acid groups (broad SMARTS) is 1. The first-order valence-electron chi connectivity index (χ1n) is 27.6. The molecule has 2 aromatic rings. The Morgan fingerprint density at radius 3 is 1.71 bits per heavy atom. The number of aromatic hydroxyl groups is 2. The SMILES string of the molecule is CSCC[C@@H]1NC(=O)CNC(=O)[C@H](C(C)C)NC(=O)[C@H](CC(N)=O)NC(=O)[C@@H]2CCCN2C(=O)[C@H](Cc2ccc(O)cc2)NC(=O)[C@H](CC(C)C)NC(=O)[C@H](CCC(=O)O)NC(=O)CSC[C@@H](C(N)=O)NC(=O)[C@H](Cc2ccc(O)cc2)NC1=O. The number of amides is 12. The number of fused-ring (bicyclic) bond motifs is 1. The maximum Gasteiger partial charge on any atom is 0.303 e. The molecule has 2 aliphatic rings. The number of carbonyl (C=O) groups is 13. The van der Waals surface area contributed by atoms with Crippen molar-refractivity contribution in [3.63, 3.8) is 0 Å². The molecule has 2 heterocycles. The molecule has 0 aliphatic carbocycles. The number of thioether (sulfide) groups is 2. The van der Waals surface area contributed by atoms with E-state index in [9.17, 15) is 77.6 Å². The highest BCUT2D eigenvalue weighted by Crippen LogP contribution is 2.22. The molecule has 16 N–H and O–H groups in total. The van der Waals surface area contributed by atoms with Crippen molar-refractivity contribution in [1.29, 1.82) is 0 Å². The van der Waals surface area contributed by atoms with Crippen LogP contribution in [-0.4, -0.2) is 188 Å². The summed E-state index contributed by atoms with van der Waals surface area (Å²) >= 11 is 2.12. The second kappa shape index (κ2) is 34.0. The van der Waals surface area contributed by atoms with Gasteiger partial charge in [0.2, 0.25) is 70.9 Å². The Morgan fingerprint density at radius 1 is 0.635 bits per heavy atom. The third-order valence-electron chi connectivity index (χ3n) is 13.6. The molecule has 0 saturated carbocycles. The Balaban J connectivity index is 1.77. The summed E-state index contributed by atoms with van der Waals surface area (Å²) in [6, 6.07) is -1.77. The first kappa shape index (κ1) is 69.3. The van der Waals surface area contributed by atoms with Crippen molar-refractivity contribution < 1.29 is 77.6 Å². The van der Waals surface area contributed by atoms with E-state index in [-0.39, 0.29) is 68.2 Å². The number of phenols is 2. The summed E-state index contributed by atoms with van der Waals surface area (Å²) in [5.41, 5.74) is 12.1. The number of benzene rings is 2. The van der Waals surface area contributed by atoms with Crippen LogP contribution in [0.2, 0.25) is 0 Å². The summed E-state index contributed by atoms with van der Waals surface area (Å²) < 4.78 is 0. The molecular weight excluding hydrogens is 1150 g/mol. The normalized spacial score (nSPS) is 24.5. The maximum atomic E-state index is 14.8. The van der Waals surface area contributed by atoms with E-state index in [1.165, 1.54) is 65.2 Å². The topological polar surface area (TPSA) is 446 Å². The van der Waals surface area contributed by atoms with Crippen LogP contribution in [0.1, 0.15) is 83.8 Å². The molecule has 0 aromatic heterocycles. The molecule has 4 rings (SSSR count). The predicted molar refractivity (Wildman–Crippen MR) is 311 cm³/mol. The fourth-order valence-corrected chi connectivity index (χ4v) is 10.5. The molecule has 466 valence electrons. The minimum atomic E-state index is -1.70. The van der Waals surface area contributed by atoms with Crippen molar-refractivity contribution in [2.75, 3.05) is 36.6 Å². The van der Waals surface area contributed by atoms with Gasteiger partial charge in [0, 0.05) is 31.6 Å². The highest BCUT2D eigenvalue weighted by Gasteiger charge is 2.41. The fourth-order valence-electron chi connectivity index (χ4n) is 9.17. The summed E-state index contributed by atoms with van der Waals surface area (Å²) in [5, 5.41) is 52.4. The third kappa shape index (κ3) is 23.1. The van der Waals surface area contributed by atoms with Crippen molar-refractivity contribution in [2.24, 2.45) is 23.3 Å². The van der Waals surface area contributed by atoms with Gasteiger partial charge in [0.1, 0.15) is 65.9 Å². The highest BCUT2D eigenvalue weighted by atomic mass is 32.2. The van der Waals surface area contributed by atoms with Gasteiger partial charge in [-0.1, -0.05) is 52.0 Å². The standard InChI is InChI=1S/C55H78N12O16S2/c1-28(2)21-36-50(78)64-39(23-31-10-14-33(69)15-11-31)55(83)67-19-6-7-41(67)53(81)63-38(24-42(56)70)52(80)66-46(29(3)4)54(82)58-25-43(71)59-35(18-20-84-5)49(77)62-37(22-30-8-12-32(68)13-9-30)51(79)65-40(47(57)75)26-85-27-44(72)60-34(48(76)61-36)16-17-45(73)74/h8-15,28-29,34-41,46,68-69H,6-7,16-27H2,1-5H3,(H2,56,70)(H2,57,75)(H,58,82)(H,59,71)(H,60,72)(H,61,76)(H,62,77)(H,63,81)(H,64,78)(H,65,79)(H,66,80)(H,73,74)/t34-,35-,36-,37-,38-,39-,40-,41-,46-/m0/s1. The number of hydrogen-bond acceptors (Lipinski definition) is 17. The van der Waals surface area contributed by atoms with Gasteiger partial charge in [0.25, 0.3) is 0 Å². The molecule has 2 aliphatic heterocycles. The van der Waals surface area contributed by atoms with E-state index in [4.69, 9.17) is 11.5 Å². The maximum absolute atomic E-state index is 14.8. The zero-order chi connectivity index (χ0) is 63.1. The van der Waals surface area contributed by atoms with Gasteiger partial charge in [-0.3, -0.25) is 62.3 Å². The van der Waals surface area contributed by atoms with E-state index in [1.54, 1.807) is 34.0 Å². The Kier molecular flexibility index (Phi) is 27.7. The molecule has 28 nitrogen and oxygen atoms in total. The van der Waals surface area contributed by atoms with Crippen LogP contribution in [0.5, 0.6) is 11.5 Å². The van der Waals surface area contributed by atoms with Crippen LogP contribution >= 0.6 is 23.5 Å². The first-order chi connectivity index (χ1) is 40.1. The van der Waals surface area contributed by atoms with Gasteiger partial charge in [0.15, 0.2) is 0 Å². The van der Waals surface area contributed by atoms with Crippen LogP contribution in [0.4, 0.5) is 0 Å². The van der Waals surface area contributed by atoms with Gasteiger partial charge in [-0.2, -0.15) is 11.8 Å². The minimum absolute atomic E-state index is 0.0139. The van der Waals surface area contributed by atoms with Gasteiger partial charge in [-0.25, -0.2) is 0 Å². The number of carbonyl (C=O) groups excluding carboxylic acids is 12. The van der Waals surface area contributed by atoms with E-state index in [1.807, 2.05) is 0 Å². The lowest BCUT2D eigenvalue weighted by molar-refractivity contribution is -0.143. The first-order valence-corrected chi connectivity index (χ1v) is 30.1. The summed E-state index contributed by atoms with van der Waals surface area (Å²) in [7, 11) is 0. The summed E-state index contributed by atoms with van der Waals surface area (Å²) in [6.45, 7) is 5.84. The monoisotopic (exact) mass is 1230 g/mol. The van der Waals surface area contributed by atoms with Crippen LogP contribution in [0.3, 0.4) is 0 Å². The number of hydrogen-bond donors (Lipinski definition) is 14. The van der Waals surface area contributed by atoms with Crippen molar-refractivity contribution in [2.45, 2.75) is 140 Å². The number of nitrogens with two attached hydrogens (primary N) is 2. The van der Waals surface area contributed by atoms with E-state index in [2.05, 4.69) is 47.9 Å². The zero-order valence-corrected chi connectivity index (χ0v) is 49.6. The van der Waals surface area contributed by atoms with Crippen LogP contribution in [-0.2, 0) is 75.2 Å². The van der Waals surface area contributed by atoms with Crippen molar-refractivity contribution in [3.8, 4) is 11.5 Å². The number of nitrogens with zero attached hydrogens (tertiary/aromatic N) is 1. The molecule has 85 heavy (non-hydrogen) atoms. The number of rotatable bonds is 16. The molecule has 12 amide bonds. The summed E-state index contributed by atoms with van der Waals surface area (Å²) in [5.74, 6) is -14.1. The van der Waals surface area contributed by atoms with E-state index < -0.39 is 169 Å². The van der Waals surface area contributed by atoms with E-state index in [0.717, 1.165) is 11.8 Å². The average Bonchev–Trinajstić information content (AvgIpc) is 4.18. The number of phenolic OH excluding ortho intramolecular Hbond substituents is 2. The Labute approximate surface area is 499 Å². The third-order valence-corrected chi connectivity index (χ3v) is 15.3. The van der Waals surface area contributed by atoms with Gasteiger partial charge in [-0.15, -0.1) is 11.8 Å². The zero-order valence-electron chi connectivity index (χ0n) is 47.9. The molecule has 0 bridgehead atoms. The van der Waals surface area contributed by atoms with Crippen molar-refractivity contribution >= 4 is 100 Å². The minimum Gasteiger partial charge on any atom is -0.508 e. The molecule has 0 radical (unpaired) electrons. The quantitative estimate of drug-likeness (QED) is 0.0813. The van der Waals surface area contributed by atoms with Crippen molar-refractivity contribution in [1.82, 2.24) is 52.8 Å². The smallest absolute Gasteiger partial charge is 0.303 e. The lowest BCUT2D eigenvalue weighted by Crippen LogP contribution is -2.60. The van der Waals surface area contributed by atoms with Crippen LogP contribution in [0.15, 0.2) is 48.5 Å². The second-order valence-corrected chi connectivity index (χ2v) is 23.4. The van der Waals surface area contributed by atoms with Crippen molar-refractivity contribution in [3.05, 3.63) is 59.7 Å². The Morgan fingerprint density at radius 2 is 1.15 bits per heavy atom. The molecular formula is C55H78N12O16S2. The average molecular weight is 1230 g/mol. The van der Waals surface area contributed by atoms with Gasteiger partial charge >= 0.3 is 5.97 Å². The molecule has 2 fully saturated rings. The molecule has 0 spiro atoms. The summed E-state index contributed by atoms with van der Waals surface area (Å²) in [6.07, 6.45) is -0.252. The molecule has 0 unspecified atom stereocenters. The van der Waals surface area contributed by atoms with E-state index >= 15 is 0 Å². The van der Waals surface area contributed by atoms with E-state index in [0.29, 0.717) is 16.9 Å². The lowest BCUT2D eigenvalue weighted by atomic mass is 9.99. The van der Waals surface area contributed by atoms with Gasteiger partial charge < -0.3 is 79.5 Å². The Bertz CT molecular complexity index is 2740. The number of aliphatic carboxylic acids is 1. The fraction of sp³-hybridized carbons (Fsp3) is 0.545. The predicted octanol–water partition coefficient (Wildman–Crippen LogP) is -2.70. The van der Waals surface area contributed by atoms with Gasteiger partial charge in [0.05, 0.1) is 18.7 Å². The molecule has 2 aromatic carbocycles. The largest absolute Gasteiger partial charge is 0.508 e.